The topological polar surface area (TPSA) is 65.2 Å². The first-order valence-electron chi connectivity index (χ1n) is 9.33. The summed E-state index contributed by atoms with van der Waals surface area (Å²) >= 11 is 0. The number of phenols is 2. The summed E-state index contributed by atoms with van der Waals surface area (Å²) in [6, 6.07) is 5.59. The maximum absolute atomic E-state index is 12.9. The first-order chi connectivity index (χ1) is 14.5. The fourth-order valence-electron chi connectivity index (χ4n) is 3.41. The van der Waals surface area contributed by atoms with Crippen molar-refractivity contribution in [3.8, 4) is 11.5 Å². The average Bonchev–Trinajstić information content (AvgIpc) is 3.12. The molecule has 1 fully saturated rings. The van der Waals surface area contributed by atoms with Crippen LogP contribution in [0.25, 0.3) is 0 Å². The number of aliphatic imine (C=N–C) groups is 2. The van der Waals surface area contributed by atoms with Crippen molar-refractivity contribution in [2.75, 3.05) is 0 Å². The molecule has 0 aromatic heterocycles. The van der Waals surface area contributed by atoms with E-state index >= 15 is 0 Å². The van der Waals surface area contributed by atoms with E-state index < -0.39 is 47.1 Å². The quantitative estimate of drug-likeness (QED) is 0.477. The molecule has 10 heteroatoms. The van der Waals surface area contributed by atoms with Gasteiger partial charge >= 0.3 is 12.4 Å². The van der Waals surface area contributed by atoms with Crippen LogP contribution in [0, 0.1) is 0 Å². The van der Waals surface area contributed by atoms with Crippen molar-refractivity contribution < 1.29 is 36.6 Å². The number of phenolic OH excluding ortho intramolecular Hbond substituents is 2. The summed E-state index contributed by atoms with van der Waals surface area (Å²) in [7, 11) is 0. The largest absolute Gasteiger partial charge is 0.507 e. The van der Waals surface area contributed by atoms with Crippen LogP contribution in [0.2, 0.25) is 0 Å². The minimum atomic E-state index is -4.71. The predicted octanol–water partition coefficient (Wildman–Crippen LogP) is 5.59. The van der Waals surface area contributed by atoms with Crippen LogP contribution >= 0.6 is 0 Å². The van der Waals surface area contributed by atoms with Crippen LogP contribution < -0.4 is 0 Å². The van der Waals surface area contributed by atoms with Gasteiger partial charge in [-0.1, -0.05) is 12.1 Å². The fraction of sp³-hybridized carbons (Fsp3) is 0.333. The predicted molar refractivity (Wildman–Crippen MR) is 103 cm³/mol. The highest BCUT2D eigenvalue weighted by molar-refractivity contribution is 5.85. The van der Waals surface area contributed by atoms with Crippen LogP contribution in [0.4, 0.5) is 26.3 Å². The van der Waals surface area contributed by atoms with Crippen LogP contribution in [0.3, 0.4) is 0 Å². The lowest BCUT2D eigenvalue weighted by Gasteiger charge is -2.13. The molecule has 0 heterocycles. The van der Waals surface area contributed by atoms with Gasteiger partial charge in [0.1, 0.15) is 11.5 Å². The van der Waals surface area contributed by atoms with Gasteiger partial charge in [-0.25, -0.2) is 0 Å². The molecular weight excluding hydrogens is 426 g/mol. The van der Waals surface area contributed by atoms with Crippen LogP contribution in [0.5, 0.6) is 11.5 Å². The summed E-state index contributed by atoms with van der Waals surface area (Å²) in [5.74, 6) is -1.85. The Hall–Kier alpha value is -3.04. The molecule has 1 aliphatic rings. The van der Waals surface area contributed by atoms with Crippen molar-refractivity contribution in [1.82, 2.24) is 0 Å². The van der Waals surface area contributed by atoms with Gasteiger partial charge in [-0.05, 0) is 43.5 Å². The third-order valence-corrected chi connectivity index (χ3v) is 5.00. The Morgan fingerprint density at radius 1 is 0.710 bits per heavy atom. The lowest BCUT2D eigenvalue weighted by atomic mass is 10.1. The van der Waals surface area contributed by atoms with Crippen LogP contribution in [-0.4, -0.2) is 34.7 Å². The van der Waals surface area contributed by atoms with Gasteiger partial charge in [-0.15, -0.1) is 0 Å². The molecule has 3 rings (SSSR count). The standard InChI is InChI=1S/C21H18F6N2O2/c22-20(23,24)14-6-1-4-12(18(14)30)10-28-16-8-3-9-17(16)29-11-13-5-2-7-15(19(13)31)21(25,26)27/h1-2,4-7,10-11,16-17,30-31H,3,8-9H2/t16-,17-/m1/s1. The van der Waals surface area contributed by atoms with Gasteiger partial charge in [0, 0.05) is 23.6 Å². The smallest absolute Gasteiger partial charge is 0.419 e. The third-order valence-electron chi connectivity index (χ3n) is 5.00. The number of alkyl halides is 6. The van der Waals surface area contributed by atoms with Crippen molar-refractivity contribution >= 4 is 12.4 Å². The van der Waals surface area contributed by atoms with Gasteiger partial charge in [0.15, 0.2) is 0 Å². The minimum Gasteiger partial charge on any atom is -0.507 e. The number of aromatic hydroxyl groups is 2. The molecule has 2 atom stereocenters. The van der Waals surface area contributed by atoms with E-state index in [9.17, 15) is 36.6 Å². The molecule has 1 aliphatic carbocycles. The van der Waals surface area contributed by atoms with Crippen molar-refractivity contribution in [3.63, 3.8) is 0 Å². The molecule has 166 valence electrons. The van der Waals surface area contributed by atoms with Gasteiger partial charge in [0.25, 0.3) is 0 Å². The Labute approximate surface area is 173 Å². The molecule has 31 heavy (non-hydrogen) atoms. The van der Waals surface area contributed by atoms with E-state index in [0.29, 0.717) is 19.3 Å². The number of hydrogen-bond acceptors (Lipinski definition) is 4. The molecule has 2 N–H and O–H groups in total. The van der Waals surface area contributed by atoms with Gasteiger partial charge < -0.3 is 10.2 Å². The second-order valence-corrected chi connectivity index (χ2v) is 7.10. The van der Waals surface area contributed by atoms with E-state index in [1.165, 1.54) is 12.1 Å². The SMILES string of the molecule is Oc1c(C=N[C@@H]2CCC[C@H]2N=Cc2cccc(C(F)(F)F)c2O)cccc1C(F)(F)F. The Bertz CT molecular complexity index is 919. The zero-order chi connectivity index (χ0) is 22.8. The Morgan fingerprint density at radius 2 is 1.10 bits per heavy atom. The highest BCUT2D eigenvalue weighted by Crippen LogP contribution is 2.38. The maximum Gasteiger partial charge on any atom is 0.419 e. The van der Waals surface area contributed by atoms with Crippen molar-refractivity contribution in [2.45, 2.75) is 43.7 Å². The van der Waals surface area contributed by atoms with Crippen LogP contribution in [0.1, 0.15) is 41.5 Å². The van der Waals surface area contributed by atoms with E-state index in [0.717, 1.165) is 36.7 Å². The average molecular weight is 444 g/mol. The van der Waals surface area contributed by atoms with E-state index in [1.807, 2.05) is 0 Å². The first-order valence-corrected chi connectivity index (χ1v) is 9.33. The molecule has 2 aromatic rings. The number of nitrogens with zero attached hydrogens (tertiary/aromatic N) is 2. The molecule has 4 nitrogen and oxygen atoms in total. The Kier molecular flexibility index (Phi) is 6.28. The Morgan fingerprint density at radius 3 is 1.45 bits per heavy atom. The summed E-state index contributed by atoms with van der Waals surface area (Å²) in [5, 5.41) is 19.8. The maximum atomic E-state index is 12.9. The highest BCUT2D eigenvalue weighted by atomic mass is 19.4. The number of hydrogen-bond donors (Lipinski definition) is 2. The van der Waals surface area contributed by atoms with Crippen molar-refractivity contribution in [1.29, 1.82) is 0 Å². The molecule has 0 radical (unpaired) electrons. The second-order valence-electron chi connectivity index (χ2n) is 7.10. The summed E-state index contributed by atoms with van der Waals surface area (Å²) < 4.78 is 77.5. The Balaban J connectivity index is 1.79. The van der Waals surface area contributed by atoms with E-state index in [1.54, 1.807) is 0 Å². The zero-order valence-corrected chi connectivity index (χ0v) is 16.0. The van der Waals surface area contributed by atoms with E-state index in [4.69, 9.17) is 0 Å². The lowest BCUT2D eigenvalue weighted by molar-refractivity contribution is -0.139. The lowest BCUT2D eigenvalue weighted by Crippen LogP contribution is -2.16. The monoisotopic (exact) mass is 444 g/mol. The number of benzene rings is 2. The summed E-state index contributed by atoms with van der Waals surface area (Å²) in [6.07, 6.45) is -5.26. The molecule has 2 aromatic carbocycles. The molecule has 0 aliphatic heterocycles. The molecule has 0 saturated heterocycles. The number of halogens is 6. The molecule has 0 spiro atoms. The molecule has 0 unspecified atom stereocenters. The van der Waals surface area contributed by atoms with Crippen molar-refractivity contribution in [2.24, 2.45) is 9.98 Å². The fourth-order valence-corrected chi connectivity index (χ4v) is 3.41. The van der Waals surface area contributed by atoms with Crippen LogP contribution in [-0.2, 0) is 12.4 Å². The van der Waals surface area contributed by atoms with Gasteiger partial charge in [0.05, 0.1) is 23.2 Å². The highest BCUT2D eigenvalue weighted by Gasteiger charge is 2.35. The number of para-hydroxylation sites is 2. The molecule has 0 amide bonds. The molecular formula is C21H18F6N2O2. The van der Waals surface area contributed by atoms with Gasteiger partial charge in [0.2, 0.25) is 0 Å². The summed E-state index contributed by atoms with van der Waals surface area (Å²) in [6.45, 7) is 0. The van der Waals surface area contributed by atoms with Crippen molar-refractivity contribution in [3.05, 3.63) is 58.7 Å². The van der Waals surface area contributed by atoms with Crippen LogP contribution in [0.15, 0.2) is 46.4 Å². The minimum absolute atomic E-state index is 0.0972. The number of rotatable bonds is 4. The van der Waals surface area contributed by atoms with E-state index in [-0.39, 0.29) is 11.1 Å². The van der Waals surface area contributed by atoms with Gasteiger partial charge in [-0.3, -0.25) is 9.98 Å². The zero-order valence-electron chi connectivity index (χ0n) is 16.0. The van der Waals surface area contributed by atoms with Gasteiger partial charge in [-0.2, -0.15) is 26.3 Å². The van der Waals surface area contributed by atoms with E-state index in [2.05, 4.69) is 9.98 Å². The second kappa shape index (κ2) is 8.60. The summed E-state index contributed by atoms with van der Waals surface area (Å²) in [4.78, 5) is 8.48. The first kappa shape index (κ1) is 22.6. The normalized spacial score (nSPS) is 20.2. The molecule has 1 saturated carbocycles. The third kappa shape index (κ3) is 5.18. The molecule has 0 bridgehead atoms. The summed E-state index contributed by atoms with van der Waals surface area (Å²) in [5.41, 5.74) is -2.53.